The fourth-order valence-corrected chi connectivity index (χ4v) is 2.39. The molecule has 1 aliphatic heterocycles. The molecule has 1 aromatic carbocycles. The minimum atomic E-state index is -0.421. The van der Waals surface area contributed by atoms with E-state index < -0.39 is 6.04 Å². The molecule has 5 heteroatoms. The SMILES string of the molecule is CC(=O)N1CCN(c2cccc(Cl)c2)C(=O)[C@H]1C. The third-order valence-electron chi connectivity index (χ3n) is 3.18. The summed E-state index contributed by atoms with van der Waals surface area (Å²) in [5, 5.41) is 0.599. The van der Waals surface area contributed by atoms with E-state index in [1.807, 2.05) is 12.1 Å². The van der Waals surface area contributed by atoms with Crippen molar-refractivity contribution in [2.75, 3.05) is 18.0 Å². The van der Waals surface area contributed by atoms with Crippen LogP contribution < -0.4 is 4.90 Å². The quantitative estimate of drug-likeness (QED) is 0.779. The van der Waals surface area contributed by atoms with Gasteiger partial charge in [0, 0.05) is 30.7 Å². The van der Waals surface area contributed by atoms with Gasteiger partial charge in [0.05, 0.1) is 0 Å². The number of carbonyl (C=O) groups excluding carboxylic acids is 2. The van der Waals surface area contributed by atoms with Gasteiger partial charge in [0.2, 0.25) is 11.8 Å². The summed E-state index contributed by atoms with van der Waals surface area (Å²) in [6.45, 7) is 4.29. The van der Waals surface area contributed by atoms with E-state index in [1.165, 1.54) is 6.92 Å². The van der Waals surface area contributed by atoms with E-state index in [-0.39, 0.29) is 11.8 Å². The maximum Gasteiger partial charge on any atom is 0.249 e. The molecule has 1 saturated heterocycles. The average molecular weight is 267 g/mol. The second-order valence-electron chi connectivity index (χ2n) is 4.36. The molecule has 2 rings (SSSR count). The van der Waals surface area contributed by atoms with Crippen LogP contribution in [0.4, 0.5) is 5.69 Å². The molecule has 0 N–H and O–H groups in total. The van der Waals surface area contributed by atoms with Crippen LogP contribution in [0.5, 0.6) is 0 Å². The highest BCUT2D eigenvalue weighted by Gasteiger charge is 2.33. The predicted octanol–water partition coefficient (Wildman–Crippen LogP) is 1.92. The first-order valence-corrected chi connectivity index (χ1v) is 6.22. The first-order valence-electron chi connectivity index (χ1n) is 5.85. The van der Waals surface area contributed by atoms with E-state index in [0.29, 0.717) is 18.1 Å². The standard InChI is InChI=1S/C13H15ClN2O2/c1-9-13(18)16(7-6-15(9)10(2)17)12-5-3-4-11(14)8-12/h3-5,8-9H,6-7H2,1-2H3/t9-/m1/s1. The Hall–Kier alpha value is -1.55. The largest absolute Gasteiger partial charge is 0.329 e. The van der Waals surface area contributed by atoms with Gasteiger partial charge in [-0.1, -0.05) is 17.7 Å². The zero-order valence-corrected chi connectivity index (χ0v) is 11.1. The van der Waals surface area contributed by atoms with Crippen LogP contribution in [-0.2, 0) is 9.59 Å². The van der Waals surface area contributed by atoms with Gasteiger partial charge in [-0.05, 0) is 25.1 Å². The maximum absolute atomic E-state index is 12.2. The van der Waals surface area contributed by atoms with Crippen molar-refractivity contribution in [1.82, 2.24) is 4.90 Å². The molecule has 4 nitrogen and oxygen atoms in total. The van der Waals surface area contributed by atoms with Gasteiger partial charge in [-0.25, -0.2) is 0 Å². The third-order valence-corrected chi connectivity index (χ3v) is 3.41. The summed E-state index contributed by atoms with van der Waals surface area (Å²) < 4.78 is 0. The van der Waals surface area contributed by atoms with Gasteiger partial charge >= 0.3 is 0 Å². The van der Waals surface area contributed by atoms with Crippen LogP contribution in [0.2, 0.25) is 5.02 Å². The summed E-state index contributed by atoms with van der Waals surface area (Å²) in [7, 11) is 0. The number of benzene rings is 1. The number of nitrogens with zero attached hydrogens (tertiary/aromatic N) is 2. The van der Waals surface area contributed by atoms with Crippen LogP contribution in [0, 0.1) is 0 Å². The molecule has 0 radical (unpaired) electrons. The van der Waals surface area contributed by atoms with Gasteiger partial charge in [0.25, 0.3) is 0 Å². The Balaban J connectivity index is 2.23. The van der Waals surface area contributed by atoms with Gasteiger partial charge < -0.3 is 9.80 Å². The Morgan fingerprint density at radius 2 is 2.11 bits per heavy atom. The second kappa shape index (κ2) is 4.98. The van der Waals surface area contributed by atoms with Crippen molar-refractivity contribution in [2.24, 2.45) is 0 Å². The summed E-state index contributed by atoms with van der Waals surface area (Å²) in [6.07, 6.45) is 0. The van der Waals surface area contributed by atoms with Gasteiger partial charge in [-0.15, -0.1) is 0 Å². The predicted molar refractivity (Wildman–Crippen MR) is 70.7 cm³/mol. The molecule has 1 aromatic rings. The Labute approximate surface area is 111 Å². The molecule has 1 fully saturated rings. The van der Waals surface area contributed by atoms with Crippen LogP contribution >= 0.6 is 11.6 Å². The second-order valence-corrected chi connectivity index (χ2v) is 4.79. The van der Waals surface area contributed by atoms with Crippen LogP contribution in [-0.4, -0.2) is 35.8 Å². The minimum absolute atomic E-state index is 0.0680. The highest BCUT2D eigenvalue weighted by molar-refractivity contribution is 6.30. The highest BCUT2D eigenvalue weighted by atomic mass is 35.5. The summed E-state index contributed by atoms with van der Waals surface area (Å²) in [5.74, 6) is -0.139. The molecule has 96 valence electrons. The van der Waals surface area contributed by atoms with E-state index in [4.69, 9.17) is 11.6 Å². The lowest BCUT2D eigenvalue weighted by molar-refractivity contribution is -0.139. The smallest absolute Gasteiger partial charge is 0.249 e. The third kappa shape index (κ3) is 2.34. The van der Waals surface area contributed by atoms with Gasteiger partial charge in [-0.2, -0.15) is 0 Å². The summed E-state index contributed by atoms with van der Waals surface area (Å²) in [4.78, 5) is 26.9. The number of halogens is 1. The van der Waals surface area contributed by atoms with E-state index in [0.717, 1.165) is 5.69 Å². The van der Waals surface area contributed by atoms with Gasteiger partial charge in [0.1, 0.15) is 6.04 Å². The summed E-state index contributed by atoms with van der Waals surface area (Å²) in [6, 6.07) is 6.77. The zero-order chi connectivity index (χ0) is 13.3. The van der Waals surface area contributed by atoms with Crippen molar-refractivity contribution in [1.29, 1.82) is 0 Å². The topological polar surface area (TPSA) is 40.6 Å². The molecule has 2 amide bonds. The van der Waals surface area contributed by atoms with Gasteiger partial charge in [0.15, 0.2) is 0 Å². The Morgan fingerprint density at radius 3 is 2.72 bits per heavy atom. The first kappa shape index (κ1) is 12.9. The lowest BCUT2D eigenvalue weighted by Crippen LogP contribution is -2.57. The number of piperazine rings is 1. The number of amides is 2. The van der Waals surface area contributed by atoms with Crippen molar-refractivity contribution >= 4 is 29.1 Å². The van der Waals surface area contributed by atoms with Crippen molar-refractivity contribution in [3.05, 3.63) is 29.3 Å². The van der Waals surface area contributed by atoms with Crippen LogP contribution in [0.25, 0.3) is 0 Å². The highest BCUT2D eigenvalue weighted by Crippen LogP contribution is 2.23. The number of rotatable bonds is 1. The van der Waals surface area contributed by atoms with E-state index in [1.54, 1.807) is 28.9 Å². The van der Waals surface area contributed by atoms with E-state index >= 15 is 0 Å². The number of anilines is 1. The molecule has 0 saturated carbocycles. The van der Waals surface area contributed by atoms with Gasteiger partial charge in [-0.3, -0.25) is 9.59 Å². The van der Waals surface area contributed by atoms with Crippen molar-refractivity contribution in [3.8, 4) is 0 Å². The Bertz CT molecular complexity index is 490. The van der Waals surface area contributed by atoms with E-state index in [9.17, 15) is 9.59 Å². The molecule has 0 aliphatic carbocycles. The molecule has 0 unspecified atom stereocenters. The first-order chi connectivity index (χ1) is 8.50. The summed E-state index contributed by atoms with van der Waals surface area (Å²) in [5.41, 5.74) is 0.780. The number of carbonyl (C=O) groups is 2. The van der Waals surface area contributed by atoms with Crippen molar-refractivity contribution in [3.63, 3.8) is 0 Å². The molecule has 0 spiro atoms. The van der Waals surface area contributed by atoms with Crippen LogP contribution in [0.1, 0.15) is 13.8 Å². The van der Waals surface area contributed by atoms with Crippen molar-refractivity contribution in [2.45, 2.75) is 19.9 Å². The van der Waals surface area contributed by atoms with E-state index in [2.05, 4.69) is 0 Å². The Kier molecular flexibility index (Phi) is 3.57. The molecular weight excluding hydrogens is 252 g/mol. The normalized spacial score (nSPS) is 20.2. The maximum atomic E-state index is 12.2. The zero-order valence-electron chi connectivity index (χ0n) is 10.4. The number of hydrogen-bond donors (Lipinski definition) is 0. The summed E-state index contributed by atoms with van der Waals surface area (Å²) >= 11 is 5.92. The molecule has 1 heterocycles. The van der Waals surface area contributed by atoms with Crippen LogP contribution in [0.15, 0.2) is 24.3 Å². The van der Waals surface area contributed by atoms with Crippen LogP contribution in [0.3, 0.4) is 0 Å². The average Bonchev–Trinajstić information content (AvgIpc) is 2.32. The molecule has 18 heavy (non-hydrogen) atoms. The fourth-order valence-electron chi connectivity index (χ4n) is 2.20. The monoisotopic (exact) mass is 266 g/mol. The van der Waals surface area contributed by atoms with Crippen molar-refractivity contribution < 1.29 is 9.59 Å². The minimum Gasteiger partial charge on any atom is -0.329 e. The molecule has 1 aliphatic rings. The Morgan fingerprint density at radius 1 is 1.39 bits per heavy atom. The molecule has 1 atom stereocenters. The lowest BCUT2D eigenvalue weighted by Gasteiger charge is -2.38. The molecular formula is C13H15ClN2O2. The lowest BCUT2D eigenvalue weighted by atomic mass is 10.1. The molecule has 0 bridgehead atoms. The molecule has 0 aromatic heterocycles. The number of hydrogen-bond acceptors (Lipinski definition) is 2. The fraction of sp³-hybridized carbons (Fsp3) is 0.385.